The summed E-state index contributed by atoms with van der Waals surface area (Å²) in [7, 11) is 0. The molecule has 52 valence electrons. The first-order chi connectivity index (χ1) is 4.24. The van der Waals surface area contributed by atoms with Crippen molar-refractivity contribution in [2.45, 2.75) is 39.2 Å². The average Bonchev–Trinajstić information content (AvgIpc) is 1.79. The zero-order valence-electron chi connectivity index (χ0n) is 6.28. The molecular weight excluding hydrogens is 110 g/mol. The van der Waals surface area contributed by atoms with E-state index in [0.29, 0.717) is 6.04 Å². The van der Waals surface area contributed by atoms with E-state index in [1.165, 1.54) is 6.42 Å². The second-order valence-corrected chi connectivity index (χ2v) is 2.91. The van der Waals surface area contributed by atoms with Crippen LogP contribution < -0.4 is 5.73 Å². The van der Waals surface area contributed by atoms with Gasteiger partial charge in [-0.05, 0) is 26.2 Å². The van der Waals surface area contributed by atoms with Gasteiger partial charge in [0.2, 0.25) is 0 Å². The van der Waals surface area contributed by atoms with Crippen LogP contribution in [0.5, 0.6) is 0 Å². The van der Waals surface area contributed by atoms with Crippen LogP contribution in [0.1, 0.15) is 33.1 Å². The van der Waals surface area contributed by atoms with Crippen molar-refractivity contribution in [3.63, 3.8) is 0 Å². The van der Waals surface area contributed by atoms with Crippen molar-refractivity contribution in [1.82, 2.24) is 0 Å². The van der Waals surface area contributed by atoms with Gasteiger partial charge >= 0.3 is 0 Å². The highest BCUT2D eigenvalue weighted by Gasteiger charge is 2.19. The molecule has 2 N–H and O–H groups in total. The molecule has 0 amide bonds. The Balaban J connectivity index is 2.44. The van der Waals surface area contributed by atoms with Crippen LogP contribution in [-0.4, -0.2) is 6.04 Å². The summed E-state index contributed by atoms with van der Waals surface area (Å²) < 4.78 is 0. The van der Waals surface area contributed by atoms with Gasteiger partial charge in [0.05, 0.1) is 0 Å². The van der Waals surface area contributed by atoms with E-state index >= 15 is 0 Å². The molecular formula is C8H15N. The molecule has 0 aromatic rings. The standard InChI is InChI=1S/C8H15N/c1-3-6(2)7-4-8(9)5-7/h8H,3-5,9H2,1-2H3. The summed E-state index contributed by atoms with van der Waals surface area (Å²) in [5.41, 5.74) is 8.78. The van der Waals surface area contributed by atoms with Gasteiger partial charge in [-0.3, -0.25) is 0 Å². The largest absolute Gasteiger partial charge is 0.327 e. The minimum Gasteiger partial charge on any atom is -0.327 e. The van der Waals surface area contributed by atoms with E-state index in [1.807, 2.05) is 0 Å². The van der Waals surface area contributed by atoms with Gasteiger partial charge in [-0.15, -0.1) is 0 Å². The fraction of sp³-hybridized carbons (Fsp3) is 0.750. The summed E-state index contributed by atoms with van der Waals surface area (Å²) in [6, 6.07) is 0.474. The normalized spacial score (nSPS) is 25.7. The van der Waals surface area contributed by atoms with Gasteiger partial charge in [-0.25, -0.2) is 0 Å². The van der Waals surface area contributed by atoms with Crippen LogP contribution in [-0.2, 0) is 0 Å². The lowest BCUT2D eigenvalue weighted by Crippen LogP contribution is -2.30. The van der Waals surface area contributed by atoms with Gasteiger partial charge < -0.3 is 5.73 Å². The Hall–Kier alpha value is -0.300. The van der Waals surface area contributed by atoms with Crippen LogP contribution in [0.2, 0.25) is 0 Å². The lowest BCUT2D eigenvalue weighted by atomic mass is 9.83. The summed E-state index contributed by atoms with van der Waals surface area (Å²) in [6.07, 6.45) is 3.50. The van der Waals surface area contributed by atoms with Gasteiger partial charge in [0, 0.05) is 6.04 Å². The third-order valence-electron chi connectivity index (χ3n) is 2.15. The van der Waals surface area contributed by atoms with Crippen molar-refractivity contribution >= 4 is 0 Å². The number of nitrogens with two attached hydrogens (primary N) is 1. The van der Waals surface area contributed by atoms with Crippen molar-refractivity contribution < 1.29 is 0 Å². The number of allylic oxidation sites excluding steroid dienone is 1. The van der Waals surface area contributed by atoms with Gasteiger partial charge in [-0.2, -0.15) is 0 Å². The highest BCUT2D eigenvalue weighted by molar-refractivity contribution is 5.21. The third kappa shape index (κ3) is 1.33. The molecule has 0 unspecified atom stereocenters. The maximum absolute atomic E-state index is 5.63. The number of rotatable bonds is 1. The van der Waals surface area contributed by atoms with Gasteiger partial charge in [0.25, 0.3) is 0 Å². The van der Waals surface area contributed by atoms with E-state index in [9.17, 15) is 0 Å². The van der Waals surface area contributed by atoms with Crippen molar-refractivity contribution in [2.24, 2.45) is 5.73 Å². The molecule has 0 aromatic carbocycles. The van der Waals surface area contributed by atoms with E-state index in [0.717, 1.165) is 12.8 Å². The Kier molecular flexibility index (Phi) is 1.91. The molecule has 0 aliphatic heterocycles. The Morgan fingerprint density at radius 1 is 1.67 bits per heavy atom. The zero-order chi connectivity index (χ0) is 6.85. The van der Waals surface area contributed by atoms with Crippen LogP contribution in [0.4, 0.5) is 0 Å². The molecule has 0 heterocycles. The molecule has 9 heavy (non-hydrogen) atoms. The second-order valence-electron chi connectivity index (χ2n) is 2.91. The van der Waals surface area contributed by atoms with Crippen molar-refractivity contribution in [3.8, 4) is 0 Å². The second kappa shape index (κ2) is 2.53. The lowest BCUT2D eigenvalue weighted by Gasteiger charge is -2.27. The molecule has 0 spiro atoms. The van der Waals surface area contributed by atoms with E-state index < -0.39 is 0 Å². The number of hydrogen-bond acceptors (Lipinski definition) is 1. The summed E-state index contributed by atoms with van der Waals surface area (Å²) in [5.74, 6) is 0. The first-order valence-corrected chi connectivity index (χ1v) is 3.67. The summed E-state index contributed by atoms with van der Waals surface area (Å²) >= 11 is 0. The predicted molar refractivity (Wildman–Crippen MR) is 40.2 cm³/mol. The average molecular weight is 125 g/mol. The first kappa shape index (κ1) is 6.81. The predicted octanol–water partition coefficient (Wildman–Crippen LogP) is 1.83. The topological polar surface area (TPSA) is 26.0 Å². The Morgan fingerprint density at radius 2 is 2.22 bits per heavy atom. The molecule has 0 aromatic heterocycles. The van der Waals surface area contributed by atoms with Gasteiger partial charge in [-0.1, -0.05) is 18.1 Å². The molecule has 1 heteroatoms. The minimum atomic E-state index is 0.474. The molecule has 1 saturated carbocycles. The van der Waals surface area contributed by atoms with E-state index in [4.69, 9.17) is 5.73 Å². The molecule has 1 nitrogen and oxygen atoms in total. The third-order valence-corrected chi connectivity index (χ3v) is 2.15. The zero-order valence-corrected chi connectivity index (χ0v) is 6.28. The lowest BCUT2D eigenvalue weighted by molar-refractivity contribution is 0.532. The molecule has 1 rings (SSSR count). The van der Waals surface area contributed by atoms with Crippen LogP contribution in [0.15, 0.2) is 11.1 Å². The number of hydrogen-bond donors (Lipinski definition) is 1. The first-order valence-electron chi connectivity index (χ1n) is 3.67. The van der Waals surface area contributed by atoms with E-state index in [2.05, 4.69) is 13.8 Å². The summed E-state index contributed by atoms with van der Waals surface area (Å²) in [6.45, 7) is 4.41. The van der Waals surface area contributed by atoms with Crippen molar-refractivity contribution in [1.29, 1.82) is 0 Å². The SMILES string of the molecule is CCC(C)=C1CC(N)C1. The Morgan fingerprint density at radius 3 is 2.56 bits per heavy atom. The van der Waals surface area contributed by atoms with Crippen LogP contribution in [0.3, 0.4) is 0 Å². The monoisotopic (exact) mass is 125 g/mol. The Bertz CT molecular complexity index is 128. The molecule has 1 aliphatic carbocycles. The van der Waals surface area contributed by atoms with Crippen LogP contribution >= 0.6 is 0 Å². The minimum absolute atomic E-state index is 0.474. The van der Waals surface area contributed by atoms with Crippen molar-refractivity contribution in [2.75, 3.05) is 0 Å². The van der Waals surface area contributed by atoms with Gasteiger partial charge in [0.1, 0.15) is 0 Å². The highest BCUT2D eigenvalue weighted by Crippen LogP contribution is 2.28. The highest BCUT2D eigenvalue weighted by atomic mass is 14.7. The van der Waals surface area contributed by atoms with Crippen molar-refractivity contribution in [3.05, 3.63) is 11.1 Å². The van der Waals surface area contributed by atoms with E-state index in [-0.39, 0.29) is 0 Å². The molecule has 0 radical (unpaired) electrons. The molecule has 0 atom stereocenters. The fourth-order valence-electron chi connectivity index (χ4n) is 1.17. The summed E-state index contributed by atoms with van der Waals surface area (Å²) in [5, 5.41) is 0. The fourth-order valence-corrected chi connectivity index (χ4v) is 1.17. The molecule has 1 fully saturated rings. The van der Waals surface area contributed by atoms with Gasteiger partial charge in [0.15, 0.2) is 0 Å². The smallest absolute Gasteiger partial charge is 0.0114 e. The molecule has 0 bridgehead atoms. The van der Waals surface area contributed by atoms with Crippen LogP contribution in [0, 0.1) is 0 Å². The molecule has 0 saturated heterocycles. The van der Waals surface area contributed by atoms with E-state index in [1.54, 1.807) is 11.1 Å². The van der Waals surface area contributed by atoms with Crippen LogP contribution in [0.25, 0.3) is 0 Å². The Labute approximate surface area is 56.9 Å². The maximum atomic E-state index is 5.63. The quantitative estimate of drug-likeness (QED) is 0.532. The summed E-state index contributed by atoms with van der Waals surface area (Å²) in [4.78, 5) is 0. The maximum Gasteiger partial charge on any atom is 0.0114 e. The molecule has 1 aliphatic rings.